The molecule has 0 aromatic carbocycles. The molecule has 2 N–H and O–H groups in total. The molecular weight excluding hydrogens is 144 g/mol. The fourth-order valence-corrected chi connectivity index (χ4v) is 2.93. The van der Waals surface area contributed by atoms with Crippen LogP contribution in [-0.2, 0) is 0 Å². The highest BCUT2D eigenvalue weighted by Crippen LogP contribution is 2.25. The molecule has 3 heteroatoms. The van der Waals surface area contributed by atoms with Gasteiger partial charge in [-0.05, 0) is 24.3 Å². The first-order valence-electron chi connectivity index (χ1n) is 3.99. The van der Waals surface area contributed by atoms with E-state index >= 15 is 0 Å². The van der Waals surface area contributed by atoms with Gasteiger partial charge < -0.3 is 0 Å². The van der Waals surface area contributed by atoms with Crippen LogP contribution in [0.4, 0.5) is 0 Å². The number of rotatable bonds is 0. The Morgan fingerprint density at radius 1 is 1.00 bits per heavy atom. The minimum atomic E-state index is 0.352. The molecule has 1 spiro atoms. The first-order valence-corrected chi connectivity index (χ1v) is 5.15. The molecule has 2 aliphatic rings. The van der Waals surface area contributed by atoms with Gasteiger partial charge in [0.15, 0.2) is 0 Å². The summed E-state index contributed by atoms with van der Waals surface area (Å²) in [4.78, 5) is 0. The average Bonchev–Trinajstić information content (AvgIpc) is 2.39. The van der Waals surface area contributed by atoms with Gasteiger partial charge in [-0.15, -0.1) is 0 Å². The van der Waals surface area contributed by atoms with Crippen molar-refractivity contribution in [2.75, 3.05) is 24.6 Å². The van der Waals surface area contributed by atoms with Crippen LogP contribution in [-0.4, -0.2) is 30.3 Å². The highest BCUT2D eigenvalue weighted by Gasteiger charge is 2.33. The highest BCUT2D eigenvalue weighted by atomic mass is 32.2. The maximum atomic E-state index is 3.55. The fraction of sp³-hybridized carbons (Fsp3) is 1.00. The fourth-order valence-electron chi connectivity index (χ4n) is 1.74. The van der Waals surface area contributed by atoms with Crippen LogP contribution < -0.4 is 10.6 Å². The molecule has 2 heterocycles. The predicted octanol–water partition coefficient (Wildman–Crippen LogP) is 0.402. The maximum Gasteiger partial charge on any atom is 0.0704 e. The van der Waals surface area contributed by atoms with Crippen LogP contribution in [0.5, 0.6) is 0 Å². The minimum absolute atomic E-state index is 0.352. The van der Waals surface area contributed by atoms with Crippen molar-refractivity contribution in [2.24, 2.45) is 0 Å². The molecular formula is C7H14N2S. The summed E-state index contributed by atoms with van der Waals surface area (Å²) in [5, 5.41) is 7.10. The zero-order chi connectivity index (χ0) is 6.86. The van der Waals surface area contributed by atoms with Crippen molar-refractivity contribution in [3.63, 3.8) is 0 Å². The number of thioether (sulfide) groups is 1. The maximum absolute atomic E-state index is 3.55. The molecule has 0 aromatic heterocycles. The minimum Gasteiger partial charge on any atom is -0.298 e. The van der Waals surface area contributed by atoms with Crippen LogP contribution >= 0.6 is 11.8 Å². The quantitative estimate of drug-likeness (QED) is 0.534. The average molecular weight is 158 g/mol. The Morgan fingerprint density at radius 2 is 1.60 bits per heavy atom. The second-order valence-corrected chi connectivity index (χ2v) is 4.27. The summed E-state index contributed by atoms with van der Waals surface area (Å²) in [6, 6.07) is 0. The SMILES string of the molecule is C1CNC2(CCSCC2)N1. The molecule has 2 aliphatic heterocycles. The van der Waals surface area contributed by atoms with Crippen LogP contribution in [0.1, 0.15) is 12.8 Å². The molecule has 0 radical (unpaired) electrons. The molecule has 0 aliphatic carbocycles. The van der Waals surface area contributed by atoms with E-state index in [4.69, 9.17) is 0 Å². The van der Waals surface area contributed by atoms with E-state index in [-0.39, 0.29) is 0 Å². The number of hydrogen-bond donors (Lipinski definition) is 2. The summed E-state index contributed by atoms with van der Waals surface area (Å²) in [5.41, 5.74) is 0.352. The molecule has 0 amide bonds. The van der Waals surface area contributed by atoms with Crippen molar-refractivity contribution in [3.05, 3.63) is 0 Å². The van der Waals surface area contributed by atoms with Crippen molar-refractivity contribution in [1.29, 1.82) is 0 Å². The van der Waals surface area contributed by atoms with Gasteiger partial charge in [-0.1, -0.05) is 0 Å². The molecule has 10 heavy (non-hydrogen) atoms. The van der Waals surface area contributed by atoms with Gasteiger partial charge in [-0.25, -0.2) is 0 Å². The van der Waals surface area contributed by atoms with Gasteiger partial charge in [0.25, 0.3) is 0 Å². The van der Waals surface area contributed by atoms with Crippen molar-refractivity contribution >= 4 is 11.8 Å². The van der Waals surface area contributed by atoms with E-state index in [1.807, 2.05) is 0 Å². The van der Waals surface area contributed by atoms with Crippen LogP contribution in [0.3, 0.4) is 0 Å². The molecule has 2 rings (SSSR count). The van der Waals surface area contributed by atoms with E-state index in [1.54, 1.807) is 0 Å². The third kappa shape index (κ3) is 1.18. The summed E-state index contributed by atoms with van der Waals surface area (Å²) >= 11 is 2.08. The normalized spacial score (nSPS) is 31.2. The second-order valence-electron chi connectivity index (χ2n) is 3.05. The molecule has 2 fully saturated rings. The van der Waals surface area contributed by atoms with E-state index in [0.29, 0.717) is 5.66 Å². The Balaban J connectivity index is 1.98. The molecule has 0 bridgehead atoms. The van der Waals surface area contributed by atoms with Crippen molar-refractivity contribution in [1.82, 2.24) is 10.6 Å². The van der Waals surface area contributed by atoms with Crippen molar-refractivity contribution in [2.45, 2.75) is 18.5 Å². The van der Waals surface area contributed by atoms with Crippen LogP contribution in [0.15, 0.2) is 0 Å². The van der Waals surface area contributed by atoms with Gasteiger partial charge in [-0.3, -0.25) is 10.6 Å². The molecule has 0 saturated carbocycles. The Kier molecular flexibility index (Phi) is 1.89. The molecule has 0 atom stereocenters. The lowest BCUT2D eigenvalue weighted by Gasteiger charge is -2.33. The predicted molar refractivity (Wildman–Crippen MR) is 45.3 cm³/mol. The molecule has 58 valence electrons. The Labute approximate surface area is 66.1 Å². The lowest BCUT2D eigenvalue weighted by Crippen LogP contribution is -2.51. The lowest BCUT2D eigenvalue weighted by atomic mass is 10.1. The molecule has 2 nitrogen and oxygen atoms in total. The van der Waals surface area contributed by atoms with Crippen LogP contribution in [0, 0.1) is 0 Å². The van der Waals surface area contributed by atoms with E-state index < -0.39 is 0 Å². The van der Waals surface area contributed by atoms with Crippen molar-refractivity contribution < 1.29 is 0 Å². The Hall–Kier alpha value is 0.270. The Morgan fingerprint density at radius 3 is 2.20 bits per heavy atom. The Bertz CT molecular complexity index is 113. The van der Waals surface area contributed by atoms with E-state index in [0.717, 1.165) is 13.1 Å². The second kappa shape index (κ2) is 2.72. The first-order chi connectivity index (χ1) is 4.91. The summed E-state index contributed by atoms with van der Waals surface area (Å²) < 4.78 is 0. The van der Waals surface area contributed by atoms with Gasteiger partial charge in [0.1, 0.15) is 0 Å². The van der Waals surface area contributed by atoms with Crippen molar-refractivity contribution in [3.8, 4) is 0 Å². The van der Waals surface area contributed by atoms with E-state index in [2.05, 4.69) is 22.4 Å². The third-order valence-electron chi connectivity index (χ3n) is 2.40. The topological polar surface area (TPSA) is 24.1 Å². The molecule has 0 aromatic rings. The van der Waals surface area contributed by atoms with E-state index in [1.165, 1.54) is 24.3 Å². The molecule has 0 unspecified atom stereocenters. The highest BCUT2D eigenvalue weighted by molar-refractivity contribution is 7.99. The lowest BCUT2D eigenvalue weighted by molar-refractivity contribution is 0.309. The van der Waals surface area contributed by atoms with Gasteiger partial charge in [-0.2, -0.15) is 11.8 Å². The van der Waals surface area contributed by atoms with E-state index in [9.17, 15) is 0 Å². The third-order valence-corrected chi connectivity index (χ3v) is 3.38. The van der Waals surface area contributed by atoms with Gasteiger partial charge in [0.05, 0.1) is 5.66 Å². The monoisotopic (exact) mass is 158 g/mol. The van der Waals surface area contributed by atoms with Crippen LogP contribution in [0.2, 0.25) is 0 Å². The summed E-state index contributed by atoms with van der Waals surface area (Å²) in [7, 11) is 0. The van der Waals surface area contributed by atoms with Gasteiger partial charge in [0, 0.05) is 13.1 Å². The number of hydrogen-bond acceptors (Lipinski definition) is 3. The largest absolute Gasteiger partial charge is 0.298 e. The zero-order valence-electron chi connectivity index (χ0n) is 6.15. The summed E-state index contributed by atoms with van der Waals surface area (Å²) in [6.07, 6.45) is 2.61. The van der Waals surface area contributed by atoms with Gasteiger partial charge in [0.2, 0.25) is 0 Å². The standard InChI is InChI=1S/C7H14N2S/c1-5-10-6-2-7(1)8-3-4-9-7/h8-9H,1-6H2. The van der Waals surface area contributed by atoms with Gasteiger partial charge >= 0.3 is 0 Å². The first kappa shape index (κ1) is 6.95. The smallest absolute Gasteiger partial charge is 0.0704 e. The molecule has 2 saturated heterocycles. The summed E-state index contributed by atoms with van der Waals surface area (Å²) in [6.45, 7) is 2.31. The van der Waals surface area contributed by atoms with Crippen LogP contribution in [0.25, 0.3) is 0 Å². The zero-order valence-corrected chi connectivity index (χ0v) is 6.97. The number of nitrogens with one attached hydrogen (secondary N) is 2. The summed E-state index contributed by atoms with van der Waals surface area (Å²) in [5.74, 6) is 2.64.